The zero-order chi connectivity index (χ0) is 19.1. The molecular weight excluding hydrogens is 342 g/mol. The number of benzene rings is 1. The second kappa shape index (κ2) is 9.72. The lowest BCUT2D eigenvalue weighted by Gasteiger charge is -2.19. The first-order valence-corrected chi connectivity index (χ1v) is 9.65. The van der Waals surface area contributed by atoms with E-state index in [1.54, 1.807) is 0 Å². The highest BCUT2D eigenvalue weighted by molar-refractivity contribution is 5.70. The van der Waals surface area contributed by atoms with Gasteiger partial charge in [0, 0.05) is 5.92 Å². The van der Waals surface area contributed by atoms with E-state index in [4.69, 9.17) is 14.2 Å². The molecule has 2 unspecified atom stereocenters. The van der Waals surface area contributed by atoms with E-state index in [0.717, 1.165) is 37.1 Å². The van der Waals surface area contributed by atoms with Crippen LogP contribution in [-0.4, -0.2) is 39.4 Å². The van der Waals surface area contributed by atoms with Gasteiger partial charge in [-0.05, 0) is 55.6 Å². The summed E-state index contributed by atoms with van der Waals surface area (Å²) in [4.78, 5) is 11.5. The molecule has 2 atom stereocenters. The first kappa shape index (κ1) is 19.6. The lowest BCUT2D eigenvalue weighted by molar-refractivity contribution is -0.141. The van der Waals surface area contributed by atoms with Crippen LogP contribution in [0.3, 0.4) is 0 Å². The maximum atomic E-state index is 11.5. The van der Waals surface area contributed by atoms with Crippen LogP contribution in [0.1, 0.15) is 30.4 Å². The number of nitrogens with one attached hydrogen (secondary N) is 1. The molecule has 27 heavy (non-hydrogen) atoms. The molecule has 0 aromatic heterocycles. The largest absolute Gasteiger partial charge is 0.493 e. The zero-order valence-corrected chi connectivity index (χ0v) is 16.2. The summed E-state index contributed by atoms with van der Waals surface area (Å²) in [5, 5.41) is 3.18. The van der Waals surface area contributed by atoms with Crippen LogP contribution in [0.2, 0.25) is 0 Å². The molecule has 1 aliphatic heterocycles. The summed E-state index contributed by atoms with van der Waals surface area (Å²) in [5.74, 6) is 0.763. The van der Waals surface area contributed by atoms with Gasteiger partial charge >= 0.3 is 5.97 Å². The third-order valence-electron chi connectivity index (χ3n) is 5.06. The Morgan fingerprint density at radius 1 is 1.33 bits per heavy atom. The van der Waals surface area contributed by atoms with Gasteiger partial charge in [0.25, 0.3) is 0 Å². The number of aryl methyl sites for hydroxylation is 1. The Balaban J connectivity index is 1.51. The molecule has 1 fully saturated rings. The molecule has 5 heteroatoms. The lowest BCUT2D eigenvalue weighted by Crippen LogP contribution is -2.16. The minimum atomic E-state index is -0.196. The van der Waals surface area contributed by atoms with Crippen molar-refractivity contribution in [1.82, 2.24) is 5.32 Å². The standard InChI is InChI=1S/C22H29NO4/c1-23-10-4-7-16-5-3-6-17(11-16)14-26-19-8-9-20-18(12-22(24)25-2)15-27-21(20)13-19/h3,5-6,9,11,13,18-19,23H,4,7-8,10,12,14-15H2,1-2H3. The minimum absolute atomic E-state index is 0.00794. The normalized spacial score (nSPS) is 21.1. The first-order valence-electron chi connectivity index (χ1n) is 9.65. The van der Waals surface area contributed by atoms with Gasteiger partial charge in [-0.3, -0.25) is 4.79 Å². The molecule has 0 amide bonds. The van der Waals surface area contributed by atoms with Crippen molar-refractivity contribution in [2.24, 2.45) is 5.92 Å². The van der Waals surface area contributed by atoms with Gasteiger partial charge in [-0.15, -0.1) is 0 Å². The quantitative estimate of drug-likeness (QED) is 0.534. The van der Waals surface area contributed by atoms with Gasteiger partial charge in [0.15, 0.2) is 0 Å². The Kier molecular flexibility index (Phi) is 7.07. The van der Waals surface area contributed by atoms with Crippen LogP contribution in [-0.2, 0) is 32.0 Å². The topological polar surface area (TPSA) is 56.8 Å². The van der Waals surface area contributed by atoms with E-state index in [1.807, 2.05) is 13.1 Å². The molecule has 1 saturated heterocycles. The minimum Gasteiger partial charge on any atom is -0.493 e. The van der Waals surface area contributed by atoms with E-state index >= 15 is 0 Å². The second-order valence-corrected chi connectivity index (χ2v) is 7.09. The molecule has 0 saturated carbocycles. The van der Waals surface area contributed by atoms with Crippen molar-refractivity contribution in [3.63, 3.8) is 0 Å². The molecule has 1 heterocycles. The van der Waals surface area contributed by atoms with Crippen LogP contribution in [0.5, 0.6) is 0 Å². The summed E-state index contributed by atoms with van der Waals surface area (Å²) in [5.41, 5.74) is 3.66. The summed E-state index contributed by atoms with van der Waals surface area (Å²) in [6, 6.07) is 8.61. The Labute approximate surface area is 161 Å². The van der Waals surface area contributed by atoms with Gasteiger partial charge < -0.3 is 19.5 Å². The number of hydrogen-bond donors (Lipinski definition) is 1. The lowest BCUT2D eigenvalue weighted by atomic mass is 9.92. The highest BCUT2D eigenvalue weighted by Gasteiger charge is 2.32. The van der Waals surface area contributed by atoms with Crippen molar-refractivity contribution in [3.8, 4) is 0 Å². The van der Waals surface area contributed by atoms with Crippen molar-refractivity contribution in [2.75, 3.05) is 27.3 Å². The van der Waals surface area contributed by atoms with Crippen molar-refractivity contribution in [3.05, 3.63) is 58.9 Å². The Morgan fingerprint density at radius 2 is 2.19 bits per heavy atom. The number of esters is 1. The van der Waals surface area contributed by atoms with Gasteiger partial charge in [-0.25, -0.2) is 0 Å². The third-order valence-corrected chi connectivity index (χ3v) is 5.06. The molecule has 1 N–H and O–H groups in total. The fourth-order valence-corrected chi connectivity index (χ4v) is 3.57. The maximum Gasteiger partial charge on any atom is 0.306 e. The predicted octanol–water partition coefficient (Wildman–Crippen LogP) is 3.15. The molecule has 0 bridgehead atoms. The summed E-state index contributed by atoms with van der Waals surface area (Å²) in [7, 11) is 3.40. The number of carbonyl (C=O) groups excluding carboxylic acids is 1. The Morgan fingerprint density at radius 3 is 3.00 bits per heavy atom. The number of hydrogen-bond acceptors (Lipinski definition) is 5. The summed E-state index contributed by atoms with van der Waals surface area (Å²) in [6.07, 6.45) is 7.58. The SMILES string of the molecule is CNCCCc1cccc(COC2C=C3OCC(CC(=O)OC)C3=CC2)c1. The number of rotatable bonds is 9. The third kappa shape index (κ3) is 5.44. The number of fused-ring (bicyclic) bond motifs is 1. The molecule has 1 aromatic rings. The smallest absolute Gasteiger partial charge is 0.306 e. The van der Waals surface area contributed by atoms with E-state index in [1.165, 1.54) is 18.2 Å². The van der Waals surface area contributed by atoms with Crippen LogP contribution >= 0.6 is 0 Å². The fraction of sp³-hybridized carbons (Fsp3) is 0.500. The molecular formula is C22H29NO4. The van der Waals surface area contributed by atoms with Crippen LogP contribution in [0.4, 0.5) is 0 Å². The fourth-order valence-electron chi connectivity index (χ4n) is 3.57. The van der Waals surface area contributed by atoms with Gasteiger partial charge in [0.2, 0.25) is 0 Å². The van der Waals surface area contributed by atoms with Gasteiger partial charge in [-0.1, -0.05) is 30.3 Å². The molecule has 5 nitrogen and oxygen atoms in total. The highest BCUT2D eigenvalue weighted by Crippen LogP contribution is 2.36. The molecule has 2 aliphatic rings. The van der Waals surface area contributed by atoms with Crippen molar-refractivity contribution in [2.45, 2.75) is 38.4 Å². The average molecular weight is 371 g/mol. The van der Waals surface area contributed by atoms with Crippen LogP contribution in [0.25, 0.3) is 0 Å². The van der Waals surface area contributed by atoms with E-state index in [0.29, 0.717) is 19.6 Å². The van der Waals surface area contributed by atoms with E-state index in [9.17, 15) is 4.79 Å². The van der Waals surface area contributed by atoms with Crippen LogP contribution in [0.15, 0.2) is 47.7 Å². The predicted molar refractivity (Wildman–Crippen MR) is 104 cm³/mol. The number of allylic oxidation sites excluding steroid dienone is 1. The summed E-state index contributed by atoms with van der Waals surface area (Å²) in [6.45, 7) is 2.15. The van der Waals surface area contributed by atoms with E-state index < -0.39 is 0 Å². The monoisotopic (exact) mass is 371 g/mol. The number of ether oxygens (including phenoxy) is 3. The Bertz CT molecular complexity index is 710. The van der Waals surface area contributed by atoms with Gasteiger partial charge in [0.1, 0.15) is 5.76 Å². The first-order chi connectivity index (χ1) is 13.2. The van der Waals surface area contributed by atoms with Crippen molar-refractivity contribution >= 4 is 5.97 Å². The molecule has 0 spiro atoms. The molecule has 1 aliphatic carbocycles. The van der Waals surface area contributed by atoms with Gasteiger partial charge in [0.05, 0.1) is 32.8 Å². The van der Waals surface area contributed by atoms with E-state index in [-0.39, 0.29) is 18.0 Å². The summed E-state index contributed by atoms with van der Waals surface area (Å²) < 4.78 is 16.6. The van der Waals surface area contributed by atoms with E-state index in [2.05, 4.69) is 35.7 Å². The second-order valence-electron chi connectivity index (χ2n) is 7.09. The molecule has 3 rings (SSSR count). The summed E-state index contributed by atoms with van der Waals surface area (Å²) >= 11 is 0. The maximum absolute atomic E-state index is 11.5. The van der Waals surface area contributed by atoms with Crippen molar-refractivity contribution < 1.29 is 19.0 Å². The zero-order valence-electron chi connectivity index (χ0n) is 16.2. The molecule has 0 radical (unpaired) electrons. The van der Waals surface area contributed by atoms with Gasteiger partial charge in [-0.2, -0.15) is 0 Å². The molecule has 1 aromatic carbocycles. The van der Waals surface area contributed by atoms with Crippen molar-refractivity contribution in [1.29, 1.82) is 0 Å². The van der Waals surface area contributed by atoms with Crippen LogP contribution in [0, 0.1) is 5.92 Å². The van der Waals surface area contributed by atoms with Crippen LogP contribution < -0.4 is 5.32 Å². The Hall–Kier alpha value is -2.11. The average Bonchev–Trinajstić information content (AvgIpc) is 3.09. The number of carbonyl (C=O) groups is 1. The molecule has 146 valence electrons. The highest BCUT2D eigenvalue weighted by atomic mass is 16.5. The number of methoxy groups -OCH3 is 1.